The van der Waals surface area contributed by atoms with Gasteiger partial charge in [0.2, 0.25) is 5.56 Å². The first kappa shape index (κ1) is 15.6. The lowest BCUT2D eigenvalue weighted by Gasteiger charge is -2.13. The molecular weight excluding hydrogens is 320 g/mol. The number of aromatic nitrogens is 3. The number of ether oxygens (including phenoxy) is 1. The van der Waals surface area contributed by atoms with Crippen molar-refractivity contribution in [3.8, 4) is 0 Å². The van der Waals surface area contributed by atoms with Gasteiger partial charge in [-0.3, -0.25) is 9.59 Å². The molecule has 4 rings (SSSR count). The lowest BCUT2D eigenvalue weighted by Crippen LogP contribution is -2.19. The van der Waals surface area contributed by atoms with Gasteiger partial charge in [0.15, 0.2) is 0 Å². The maximum atomic E-state index is 12.7. The summed E-state index contributed by atoms with van der Waals surface area (Å²) in [6.45, 7) is 2.22. The number of fused-ring (bicyclic) bond motifs is 1. The summed E-state index contributed by atoms with van der Waals surface area (Å²) in [6, 6.07) is 10.1. The Bertz CT molecular complexity index is 970. The summed E-state index contributed by atoms with van der Waals surface area (Å²) < 4.78 is 7.19. The van der Waals surface area contributed by atoms with Gasteiger partial charge in [-0.1, -0.05) is 6.07 Å². The molecule has 25 heavy (non-hydrogen) atoms. The average Bonchev–Trinajstić information content (AvgIpc) is 3.27. The summed E-state index contributed by atoms with van der Waals surface area (Å²) in [4.78, 5) is 26.9. The number of anilines is 1. The van der Waals surface area contributed by atoms with E-state index in [-0.39, 0.29) is 11.5 Å². The summed E-state index contributed by atoms with van der Waals surface area (Å²) in [6.07, 6.45) is 2.68. The highest BCUT2D eigenvalue weighted by Crippen LogP contribution is 2.20. The van der Waals surface area contributed by atoms with Crippen LogP contribution in [0.1, 0.15) is 16.8 Å². The van der Waals surface area contributed by atoms with Crippen molar-refractivity contribution in [2.24, 2.45) is 5.92 Å². The lowest BCUT2D eigenvalue weighted by atomic mass is 10.1. The highest BCUT2D eigenvalue weighted by atomic mass is 16.5. The second kappa shape index (κ2) is 6.52. The molecule has 2 aromatic heterocycles. The molecular formula is C18H18N4O3. The van der Waals surface area contributed by atoms with Crippen LogP contribution in [0.25, 0.3) is 10.9 Å². The number of pyridine rings is 1. The standard InChI is InChI=1S/C18H18N4O3/c23-17-5-4-13-14(2-1-3-15(13)20-17)18(24)21-16-6-8-19-22(16)10-12-7-9-25-11-12/h1-6,8,12H,7,9-11H2,(H,20,23)(H,21,24). The number of carbonyl (C=O) groups excluding carboxylic acids is 1. The zero-order valence-corrected chi connectivity index (χ0v) is 13.6. The molecule has 0 saturated carbocycles. The van der Waals surface area contributed by atoms with Crippen LogP contribution < -0.4 is 10.9 Å². The van der Waals surface area contributed by atoms with E-state index in [1.165, 1.54) is 6.07 Å². The summed E-state index contributed by atoms with van der Waals surface area (Å²) >= 11 is 0. The third kappa shape index (κ3) is 3.18. The van der Waals surface area contributed by atoms with E-state index >= 15 is 0 Å². The fraction of sp³-hybridized carbons (Fsp3) is 0.278. The van der Waals surface area contributed by atoms with Gasteiger partial charge in [0.25, 0.3) is 5.91 Å². The van der Waals surface area contributed by atoms with Crippen molar-refractivity contribution < 1.29 is 9.53 Å². The van der Waals surface area contributed by atoms with E-state index in [1.54, 1.807) is 41.2 Å². The molecule has 1 fully saturated rings. The third-order valence-corrected chi connectivity index (χ3v) is 4.42. The number of hydrogen-bond donors (Lipinski definition) is 2. The van der Waals surface area contributed by atoms with Gasteiger partial charge >= 0.3 is 0 Å². The van der Waals surface area contributed by atoms with E-state index in [1.807, 2.05) is 0 Å². The molecule has 3 aromatic rings. The molecule has 0 aliphatic carbocycles. The number of nitrogens with zero attached hydrogens (tertiary/aromatic N) is 2. The molecule has 1 atom stereocenters. The smallest absolute Gasteiger partial charge is 0.257 e. The highest BCUT2D eigenvalue weighted by Gasteiger charge is 2.19. The van der Waals surface area contributed by atoms with E-state index in [4.69, 9.17) is 4.74 Å². The molecule has 2 N–H and O–H groups in total. The summed E-state index contributed by atoms with van der Waals surface area (Å²) in [5, 5.41) is 7.92. The molecule has 1 unspecified atom stereocenters. The molecule has 0 radical (unpaired) electrons. The van der Waals surface area contributed by atoms with Crippen LogP contribution in [-0.2, 0) is 11.3 Å². The monoisotopic (exact) mass is 338 g/mol. The van der Waals surface area contributed by atoms with Crippen LogP contribution in [0, 0.1) is 5.92 Å². The van der Waals surface area contributed by atoms with Gasteiger partial charge < -0.3 is 15.0 Å². The van der Waals surface area contributed by atoms with Crippen molar-refractivity contribution in [2.75, 3.05) is 18.5 Å². The van der Waals surface area contributed by atoms with Crippen molar-refractivity contribution in [1.82, 2.24) is 14.8 Å². The Morgan fingerprint density at radius 1 is 1.32 bits per heavy atom. The Labute approximate surface area is 143 Å². The fourth-order valence-electron chi connectivity index (χ4n) is 3.13. The zero-order valence-electron chi connectivity index (χ0n) is 13.6. The van der Waals surface area contributed by atoms with Gasteiger partial charge in [-0.05, 0) is 24.6 Å². The predicted octanol–water partition coefficient (Wildman–Crippen LogP) is 2.01. The zero-order chi connectivity index (χ0) is 17.2. The number of nitrogens with one attached hydrogen (secondary N) is 2. The van der Waals surface area contributed by atoms with Crippen molar-refractivity contribution in [3.63, 3.8) is 0 Å². The largest absolute Gasteiger partial charge is 0.381 e. The Morgan fingerprint density at radius 3 is 3.08 bits per heavy atom. The SMILES string of the molecule is O=C(Nc1ccnn1CC1CCOC1)c1cccc2[nH]c(=O)ccc12. The van der Waals surface area contributed by atoms with E-state index < -0.39 is 0 Å². The van der Waals surface area contributed by atoms with Crippen LogP contribution in [0.2, 0.25) is 0 Å². The number of benzene rings is 1. The first-order valence-electron chi connectivity index (χ1n) is 8.24. The molecule has 0 bridgehead atoms. The van der Waals surface area contributed by atoms with E-state index in [2.05, 4.69) is 15.4 Å². The number of H-pyrrole nitrogens is 1. The fourth-order valence-corrected chi connectivity index (χ4v) is 3.13. The molecule has 1 saturated heterocycles. The first-order chi connectivity index (χ1) is 12.2. The maximum absolute atomic E-state index is 12.7. The van der Waals surface area contributed by atoms with Crippen LogP contribution in [0.5, 0.6) is 0 Å². The molecule has 1 aromatic carbocycles. The molecule has 1 amide bonds. The normalized spacial score (nSPS) is 17.0. The van der Waals surface area contributed by atoms with Crippen molar-refractivity contribution >= 4 is 22.6 Å². The van der Waals surface area contributed by atoms with Crippen LogP contribution in [0.3, 0.4) is 0 Å². The minimum absolute atomic E-state index is 0.193. The van der Waals surface area contributed by atoms with Crippen molar-refractivity contribution in [3.05, 3.63) is 58.5 Å². The molecule has 3 heterocycles. The third-order valence-electron chi connectivity index (χ3n) is 4.42. The van der Waals surface area contributed by atoms with Gasteiger partial charge in [-0.15, -0.1) is 0 Å². The van der Waals surface area contributed by atoms with Crippen molar-refractivity contribution in [1.29, 1.82) is 0 Å². The van der Waals surface area contributed by atoms with E-state index in [0.717, 1.165) is 19.6 Å². The molecule has 1 aliphatic rings. The average molecular weight is 338 g/mol. The Balaban J connectivity index is 1.59. The number of amides is 1. The highest BCUT2D eigenvalue weighted by molar-refractivity contribution is 6.12. The van der Waals surface area contributed by atoms with Crippen LogP contribution >= 0.6 is 0 Å². The van der Waals surface area contributed by atoms with Gasteiger partial charge in [-0.25, -0.2) is 4.68 Å². The second-order valence-electron chi connectivity index (χ2n) is 6.17. The molecule has 0 spiro atoms. The number of hydrogen-bond acceptors (Lipinski definition) is 4. The Hall–Kier alpha value is -2.93. The number of aromatic amines is 1. The second-order valence-corrected chi connectivity index (χ2v) is 6.17. The topological polar surface area (TPSA) is 89.0 Å². The predicted molar refractivity (Wildman–Crippen MR) is 93.7 cm³/mol. The summed E-state index contributed by atoms with van der Waals surface area (Å²) in [5.74, 6) is 0.832. The first-order valence-corrected chi connectivity index (χ1v) is 8.24. The molecule has 128 valence electrons. The van der Waals surface area contributed by atoms with Gasteiger partial charge in [0, 0.05) is 47.7 Å². The molecule has 7 nitrogen and oxygen atoms in total. The quantitative estimate of drug-likeness (QED) is 0.761. The Kier molecular flexibility index (Phi) is 4.07. The van der Waals surface area contributed by atoms with Crippen LogP contribution in [-0.4, -0.2) is 33.9 Å². The van der Waals surface area contributed by atoms with Crippen molar-refractivity contribution in [2.45, 2.75) is 13.0 Å². The minimum Gasteiger partial charge on any atom is -0.381 e. The summed E-state index contributed by atoms with van der Waals surface area (Å²) in [7, 11) is 0. The number of carbonyl (C=O) groups is 1. The molecule has 7 heteroatoms. The molecule has 1 aliphatic heterocycles. The van der Waals surface area contributed by atoms with Crippen LogP contribution in [0.15, 0.2) is 47.4 Å². The Morgan fingerprint density at radius 2 is 2.24 bits per heavy atom. The summed E-state index contributed by atoms with van der Waals surface area (Å²) in [5.41, 5.74) is 0.948. The minimum atomic E-state index is -0.234. The lowest BCUT2D eigenvalue weighted by molar-refractivity contribution is 0.102. The van der Waals surface area contributed by atoms with Gasteiger partial charge in [-0.2, -0.15) is 5.10 Å². The van der Waals surface area contributed by atoms with Gasteiger partial charge in [0.05, 0.1) is 12.8 Å². The van der Waals surface area contributed by atoms with E-state index in [0.29, 0.717) is 34.7 Å². The maximum Gasteiger partial charge on any atom is 0.257 e. The van der Waals surface area contributed by atoms with Crippen LogP contribution in [0.4, 0.5) is 5.82 Å². The van der Waals surface area contributed by atoms with E-state index in [9.17, 15) is 9.59 Å². The number of rotatable bonds is 4. The van der Waals surface area contributed by atoms with Gasteiger partial charge in [0.1, 0.15) is 5.82 Å².